The molecule has 2 aromatic rings. The highest BCUT2D eigenvalue weighted by Crippen LogP contribution is 2.39. The minimum Gasteiger partial charge on any atom is -0.366 e. The minimum absolute atomic E-state index is 0.0728. The van der Waals surface area contributed by atoms with Crippen LogP contribution in [0, 0.1) is 5.92 Å². The van der Waals surface area contributed by atoms with E-state index in [0.29, 0.717) is 24.7 Å². The fourth-order valence-electron chi connectivity index (χ4n) is 3.00. The van der Waals surface area contributed by atoms with Gasteiger partial charge in [0.2, 0.25) is 0 Å². The van der Waals surface area contributed by atoms with Crippen LogP contribution >= 0.6 is 0 Å². The molecule has 0 radical (unpaired) electrons. The average Bonchev–Trinajstić information content (AvgIpc) is 3.29. The second-order valence-electron chi connectivity index (χ2n) is 5.98. The summed E-state index contributed by atoms with van der Waals surface area (Å²) in [6.07, 6.45) is 3.91. The molecule has 1 N–H and O–H groups in total. The normalized spacial score (nSPS) is 25.2. The van der Waals surface area contributed by atoms with Crippen molar-refractivity contribution < 1.29 is 9.53 Å². The molecule has 0 unspecified atom stereocenters. The number of amides is 1. The predicted octanol–water partition coefficient (Wildman–Crippen LogP) is 1.80. The van der Waals surface area contributed by atoms with Gasteiger partial charge in [-0.25, -0.2) is 0 Å². The lowest BCUT2D eigenvalue weighted by atomic mass is 10.0. The van der Waals surface area contributed by atoms with Crippen LogP contribution in [0.3, 0.4) is 0 Å². The lowest BCUT2D eigenvalue weighted by Crippen LogP contribution is -2.47. The molecule has 2 atom stereocenters. The van der Waals surface area contributed by atoms with Crippen LogP contribution in [-0.4, -0.2) is 45.4 Å². The molecule has 114 valence electrons. The van der Waals surface area contributed by atoms with Gasteiger partial charge in [0.05, 0.1) is 18.8 Å². The van der Waals surface area contributed by atoms with Crippen LogP contribution in [0.4, 0.5) is 0 Å². The number of carbonyl (C=O) groups excluding carboxylic acids is 1. The summed E-state index contributed by atoms with van der Waals surface area (Å²) in [6.45, 7) is 1.19. The van der Waals surface area contributed by atoms with Crippen LogP contribution in [0.1, 0.15) is 35.0 Å². The van der Waals surface area contributed by atoms with Crippen molar-refractivity contribution in [2.75, 3.05) is 13.1 Å². The first kappa shape index (κ1) is 13.5. The van der Waals surface area contributed by atoms with Gasteiger partial charge in [0.25, 0.3) is 5.91 Å². The molecule has 6 heteroatoms. The highest BCUT2D eigenvalue weighted by atomic mass is 16.5. The number of benzene rings is 1. The molecule has 6 nitrogen and oxygen atoms in total. The van der Waals surface area contributed by atoms with Crippen molar-refractivity contribution in [1.82, 2.24) is 20.3 Å². The summed E-state index contributed by atoms with van der Waals surface area (Å²) in [6, 6.07) is 10.1. The van der Waals surface area contributed by atoms with Crippen LogP contribution < -0.4 is 0 Å². The van der Waals surface area contributed by atoms with Gasteiger partial charge in [0, 0.05) is 6.54 Å². The third-order valence-corrected chi connectivity index (χ3v) is 4.37. The summed E-state index contributed by atoms with van der Waals surface area (Å²) in [5, 5.41) is 10.1. The Kier molecular flexibility index (Phi) is 3.38. The molecule has 2 fully saturated rings. The average molecular weight is 298 g/mol. The standard InChI is InChI=1S/C16H18N4O2/c21-16(13-8-17-19-18-13)20-9-14(11-4-2-1-3-5-11)22-15(10-20)12-6-7-12/h1-5,8,12,14-15H,6-7,9-10H2,(H,17,18,19)/t14-,15+/m0/s1. The van der Waals surface area contributed by atoms with Gasteiger partial charge in [0.15, 0.2) is 5.69 Å². The SMILES string of the molecule is O=C(c1cn[nH]n1)N1C[C@@H](c2ccccc2)O[C@@H](C2CC2)C1. The van der Waals surface area contributed by atoms with Crippen LogP contribution in [0.25, 0.3) is 0 Å². The van der Waals surface area contributed by atoms with Gasteiger partial charge < -0.3 is 9.64 Å². The molecule has 1 aliphatic carbocycles. The van der Waals surface area contributed by atoms with Gasteiger partial charge in [-0.05, 0) is 24.3 Å². The van der Waals surface area contributed by atoms with Gasteiger partial charge in [-0.2, -0.15) is 15.4 Å². The van der Waals surface area contributed by atoms with E-state index in [-0.39, 0.29) is 18.1 Å². The number of morpholine rings is 1. The maximum atomic E-state index is 12.6. The lowest BCUT2D eigenvalue weighted by Gasteiger charge is -2.38. The molecule has 1 saturated carbocycles. The number of rotatable bonds is 3. The molecule has 0 bridgehead atoms. The quantitative estimate of drug-likeness (QED) is 0.938. The lowest BCUT2D eigenvalue weighted by molar-refractivity contribution is -0.0865. The second kappa shape index (κ2) is 5.53. The molecule has 2 heterocycles. The van der Waals surface area contributed by atoms with E-state index in [1.54, 1.807) is 0 Å². The monoisotopic (exact) mass is 298 g/mol. The minimum atomic E-state index is -0.0800. The number of H-pyrrole nitrogens is 1. The molecular weight excluding hydrogens is 280 g/mol. The van der Waals surface area contributed by atoms with Crippen molar-refractivity contribution in [3.8, 4) is 0 Å². The Balaban J connectivity index is 1.57. The maximum absolute atomic E-state index is 12.6. The highest BCUT2D eigenvalue weighted by molar-refractivity contribution is 5.92. The topological polar surface area (TPSA) is 71.1 Å². The zero-order valence-electron chi connectivity index (χ0n) is 12.2. The van der Waals surface area contributed by atoms with Crippen molar-refractivity contribution in [2.24, 2.45) is 5.92 Å². The highest BCUT2D eigenvalue weighted by Gasteiger charge is 2.40. The van der Waals surface area contributed by atoms with E-state index in [0.717, 1.165) is 5.56 Å². The number of aromatic nitrogens is 3. The van der Waals surface area contributed by atoms with Crippen molar-refractivity contribution in [3.05, 3.63) is 47.8 Å². The molecule has 1 aliphatic heterocycles. The molecule has 22 heavy (non-hydrogen) atoms. The Morgan fingerprint density at radius 1 is 1.23 bits per heavy atom. The Bertz CT molecular complexity index is 639. The van der Waals surface area contributed by atoms with E-state index >= 15 is 0 Å². The summed E-state index contributed by atoms with van der Waals surface area (Å²) in [5.41, 5.74) is 1.48. The van der Waals surface area contributed by atoms with E-state index in [9.17, 15) is 4.79 Å². The van der Waals surface area contributed by atoms with Gasteiger partial charge in [-0.15, -0.1) is 0 Å². The first-order valence-electron chi connectivity index (χ1n) is 7.66. The Hall–Kier alpha value is -2.21. The molecule has 1 saturated heterocycles. The van der Waals surface area contributed by atoms with E-state index < -0.39 is 0 Å². The second-order valence-corrected chi connectivity index (χ2v) is 5.98. The van der Waals surface area contributed by atoms with Crippen molar-refractivity contribution in [2.45, 2.75) is 25.0 Å². The Morgan fingerprint density at radius 2 is 2.05 bits per heavy atom. The van der Waals surface area contributed by atoms with Crippen molar-refractivity contribution in [3.63, 3.8) is 0 Å². The number of nitrogens with one attached hydrogen (secondary N) is 1. The zero-order chi connectivity index (χ0) is 14.9. The number of aromatic amines is 1. The van der Waals surface area contributed by atoms with Crippen LogP contribution in [-0.2, 0) is 4.74 Å². The largest absolute Gasteiger partial charge is 0.366 e. The molecule has 1 amide bonds. The first-order valence-corrected chi connectivity index (χ1v) is 7.66. The summed E-state index contributed by atoms with van der Waals surface area (Å²) in [4.78, 5) is 14.4. The number of ether oxygens (including phenoxy) is 1. The molecule has 4 rings (SSSR count). The van der Waals surface area contributed by atoms with Crippen molar-refractivity contribution in [1.29, 1.82) is 0 Å². The number of hydrogen-bond donors (Lipinski definition) is 1. The summed E-state index contributed by atoms with van der Waals surface area (Å²) in [5.74, 6) is 0.503. The smallest absolute Gasteiger partial charge is 0.276 e. The van der Waals surface area contributed by atoms with Gasteiger partial charge in [-0.3, -0.25) is 4.79 Å². The van der Waals surface area contributed by atoms with Gasteiger partial charge >= 0.3 is 0 Å². The molecule has 1 aromatic heterocycles. The van der Waals surface area contributed by atoms with Crippen LogP contribution in [0.5, 0.6) is 0 Å². The van der Waals surface area contributed by atoms with Crippen LogP contribution in [0.15, 0.2) is 36.5 Å². The van der Waals surface area contributed by atoms with E-state index in [4.69, 9.17) is 4.74 Å². The van der Waals surface area contributed by atoms with E-state index in [1.807, 2.05) is 23.1 Å². The maximum Gasteiger partial charge on any atom is 0.276 e. The Morgan fingerprint density at radius 3 is 2.73 bits per heavy atom. The summed E-state index contributed by atoms with van der Waals surface area (Å²) in [7, 11) is 0. The van der Waals surface area contributed by atoms with E-state index in [2.05, 4.69) is 27.5 Å². The fourth-order valence-corrected chi connectivity index (χ4v) is 3.00. The molecular formula is C16H18N4O2. The summed E-state index contributed by atoms with van der Waals surface area (Å²) < 4.78 is 6.26. The Labute approximate surface area is 128 Å². The fraction of sp³-hybridized carbons (Fsp3) is 0.438. The number of carbonyl (C=O) groups is 1. The first-order chi connectivity index (χ1) is 10.8. The summed E-state index contributed by atoms with van der Waals surface area (Å²) >= 11 is 0. The number of hydrogen-bond acceptors (Lipinski definition) is 4. The number of nitrogens with zero attached hydrogens (tertiary/aromatic N) is 3. The molecule has 1 aromatic carbocycles. The third-order valence-electron chi connectivity index (χ3n) is 4.37. The molecule has 0 spiro atoms. The zero-order valence-corrected chi connectivity index (χ0v) is 12.2. The van der Waals surface area contributed by atoms with E-state index in [1.165, 1.54) is 19.0 Å². The van der Waals surface area contributed by atoms with Gasteiger partial charge in [0.1, 0.15) is 6.10 Å². The van der Waals surface area contributed by atoms with Crippen molar-refractivity contribution >= 4 is 5.91 Å². The third kappa shape index (κ3) is 2.62. The predicted molar refractivity (Wildman–Crippen MR) is 79.1 cm³/mol. The van der Waals surface area contributed by atoms with Crippen LogP contribution in [0.2, 0.25) is 0 Å². The molecule has 2 aliphatic rings. The van der Waals surface area contributed by atoms with Gasteiger partial charge in [-0.1, -0.05) is 30.3 Å².